The fourth-order valence-corrected chi connectivity index (χ4v) is 3.68. The van der Waals surface area contributed by atoms with Crippen LogP contribution in [0, 0.1) is 0 Å². The van der Waals surface area contributed by atoms with E-state index >= 15 is 0 Å². The third kappa shape index (κ3) is 2.00. The molecule has 0 N–H and O–H groups in total. The van der Waals surface area contributed by atoms with Crippen LogP contribution >= 0.6 is 50.2 Å². The maximum absolute atomic E-state index is 5.92. The predicted octanol–water partition coefficient (Wildman–Crippen LogP) is 4.33. The minimum Gasteiger partial charge on any atom is -0.142 e. The average molecular weight is 310 g/mol. The number of halogens is 2. The van der Waals surface area contributed by atoms with Crippen LogP contribution in [0.2, 0.25) is 0 Å². The van der Waals surface area contributed by atoms with Gasteiger partial charge in [0.2, 0.25) is 0 Å². The first-order valence-corrected chi connectivity index (χ1v) is 6.82. The lowest BCUT2D eigenvalue weighted by molar-refractivity contribution is 0.963. The summed E-state index contributed by atoms with van der Waals surface area (Å²) in [6.07, 6.45) is 0. The summed E-state index contributed by atoms with van der Waals surface area (Å²) in [5.41, 5.74) is 0. The Balaban J connectivity index is 2.39. The van der Waals surface area contributed by atoms with Crippen molar-refractivity contribution in [1.82, 2.24) is 10.2 Å². The largest absolute Gasteiger partial charge is 0.159 e. The lowest BCUT2D eigenvalue weighted by atomic mass is 10.5. The Labute approximate surface area is 103 Å². The molecular weight excluding hydrogens is 304 g/mol. The molecule has 0 aliphatic carbocycles. The highest BCUT2D eigenvalue weighted by molar-refractivity contribution is 9.10. The highest BCUT2D eigenvalue weighted by atomic mass is 79.9. The average Bonchev–Trinajstić information content (AvgIpc) is 2.71. The standard InChI is InChI=1S/C8H6BrClN2S2/c1-4(10)7-11-12-8(14-7)6-5(9)2-3-13-6/h2-4H,1H3. The van der Waals surface area contributed by atoms with Gasteiger partial charge in [-0.25, -0.2) is 0 Å². The lowest BCUT2D eigenvalue weighted by Crippen LogP contribution is -1.80. The van der Waals surface area contributed by atoms with Gasteiger partial charge in [-0.15, -0.1) is 33.1 Å². The Kier molecular flexibility index (Phi) is 3.21. The smallest absolute Gasteiger partial charge is 0.142 e. The highest BCUT2D eigenvalue weighted by Crippen LogP contribution is 2.36. The lowest BCUT2D eigenvalue weighted by Gasteiger charge is -1.91. The van der Waals surface area contributed by atoms with Crippen molar-refractivity contribution in [2.45, 2.75) is 12.3 Å². The van der Waals surface area contributed by atoms with Gasteiger partial charge in [0.15, 0.2) is 5.01 Å². The van der Waals surface area contributed by atoms with Gasteiger partial charge in [0.1, 0.15) is 5.01 Å². The molecule has 6 heteroatoms. The number of thiophene rings is 1. The number of hydrogen-bond acceptors (Lipinski definition) is 4. The third-order valence-electron chi connectivity index (χ3n) is 1.59. The van der Waals surface area contributed by atoms with E-state index in [2.05, 4.69) is 26.1 Å². The Morgan fingerprint density at radius 2 is 2.29 bits per heavy atom. The molecule has 0 saturated heterocycles. The zero-order valence-corrected chi connectivity index (χ0v) is 11.2. The molecular formula is C8H6BrClN2S2. The molecule has 2 aromatic heterocycles. The van der Waals surface area contributed by atoms with Gasteiger partial charge < -0.3 is 0 Å². The first-order chi connectivity index (χ1) is 6.68. The molecule has 2 rings (SSSR count). The Morgan fingerprint density at radius 1 is 1.50 bits per heavy atom. The minimum atomic E-state index is -0.0695. The second kappa shape index (κ2) is 4.26. The van der Waals surface area contributed by atoms with E-state index in [9.17, 15) is 0 Å². The van der Waals surface area contributed by atoms with Crippen LogP contribution in [0.15, 0.2) is 15.9 Å². The van der Waals surface area contributed by atoms with E-state index in [1.54, 1.807) is 11.3 Å². The van der Waals surface area contributed by atoms with Crippen molar-refractivity contribution < 1.29 is 0 Å². The fourth-order valence-electron chi connectivity index (χ4n) is 0.933. The molecule has 2 nitrogen and oxygen atoms in total. The van der Waals surface area contributed by atoms with Gasteiger partial charge in [0.25, 0.3) is 0 Å². The monoisotopic (exact) mass is 308 g/mol. The summed E-state index contributed by atoms with van der Waals surface area (Å²) in [6.45, 7) is 1.90. The number of nitrogens with zero attached hydrogens (tertiary/aromatic N) is 2. The van der Waals surface area contributed by atoms with Crippen molar-refractivity contribution in [1.29, 1.82) is 0 Å². The van der Waals surface area contributed by atoms with Gasteiger partial charge in [0, 0.05) is 4.47 Å². The van der Waals surface area contributed by atoms with Crippen LogP contribution in [-0.2, 0) is 0 Å². The second-order valence-corrected chi connectivity index (χ2v) is 6.09. The van der Waals surface area contributed by atoms with Crippen LogP contribution in [0.5, 0.6) is 0 Å². The minimum absolute atomic E-state index is 0.0695. The summed E-state index contributed by atoms with van der Waals surface area (Å²) in [7, 11) is 0. The molecule has 74 valence electrons. The molecule has 0 bridgehead atoms. The Morgan fingerprint density at radius 3 is 2.79 bits per heavy atom. The molecule has 1 atom stereocenters. The predicted molar refractivity (Wildman–Crippen MR) is 65.2 cm³/mol. The van der Waals surface area contributed by atoms with E-state index in [0.29, 0.717) is 0 Å². The molecule has 0 spiro atoms. The van der Waals surface area contributed by atoms with Crippen LogP contribution in [0.25, 0.3) is 9.88 Å². The fraction of sp³-hybridized carbons (Fsp3) is 0.250. The summed E-state index contributed by atoms with van der Waals surface area (Å²) in [5.74, 6) is 0. The molecule has 0 aliphatic rings. The van der Waals surface area contributed by atoms with Crippen molar-refractivity contribution in [3.63, 3.8) is 0 Å². The summed E-state index contributed by atoms with van der Waals surface area (Å²) in [6, 6.07) is 2.01. The molecule has 2 heterocycles. The Hall–Kier alpha value is 0.0300. The van der Waals surface area contributed by atoms with Crippen molar-refractivity contribution in [2.75, 3.05) is 0 Å². The zero-order valence-electron chi connectivity index (χ0n) is 7.20. The van der Waals surface area contributed by atoms with Crippen molar-refractivity contribution in [3.8, 4) is 9.88 Å². The summed E-state index contributed by atoms with van der Waals surface area (Å²) < 4.78 is 1.06. The van der Waals surface area contributed by atoms with E-state index in [0.717, 1.165) is 19.4 Å². The molecule has 0 radical (unpaired) electrons. The highest BCUT2D eigenvalue weighted by Gasteiger charge is 2.13. The van der Waals surface area contributed by atoms with Gasteiger partial charge in [0.05, 0.1) is 10.3 Å². The quantitative estimate of drug-likeness (QED) is 0.772. The molecule has 2 aromatic rings. The van der Waals surface area contributed by atoms with Gasteiger partial charge in [-0.05, 0) is 34.3 Å². The number of rotatable bonds is 2. The molecule has 14 heavy (non-hydrogen) atoms. The molecule has 0 saturated carbocycles. The molecule has 1 unspecified atom stereocenters. The van der Waals surface area contributed by atoms with Gasteiger partial charge >= 0.3 is 0 Å². The maximum atomic E-state index is 5.92. The maximum Gasteiger partial charge on any atom is 0.159 e. The zero-order chi connectivity index (χ0) is 10.1. The SMILES string of the molecule is CC(Cl)c1nnc(-c2sccc2Br)s1. The van der Waals surface area contributed by atoms with E-state index in [1.165, 1.54) is 11.3 Å². The van der Waals surface area contributed by atoms with Gasteiger partial charge in [-0.2, -0.15) is 0 Å². The van der Waals surface area contributed by atoms with E-state index in [4.69, 9.17) is 11.6 Å². The summed E-state index contributed by atoms with van der Waals surface area (Å²) in [5, 5.41) is 11.9. The summed E-state index contributed by atoms with van der Waals surface area (Å²) >= 11 is 12.6. The number of hydrogen-bond donors (Lipinski definition) is 0. The van der Waals surface area contributed by atoms with Crippen LogP contribution in [0.1, 0.15) is 17.3 Å². The van der Waals surface area contributed by atoms with Crippen LogP contribution in [0.3, 0.4) is 0 Å². The van der Waals surface area contributed by atoms with Crippen LogP contribution in [0.4, 0.5) is 0 Å². The van der Waals surface area contributed by atoms with Gasteiger partial charge in [-0.3, -0.25) is 0 Å². The topological polar surface area (TPSA) is 25.8 Å². The van der Waals surface area contributed by atoms with Crippen molar-refractivity contribution >= 4 is 50.2 Å². The molecule has 0 amide bonds. The number of alkyl halides is 1. The summed E-state index contributed by atoms with van der Waals surface area (Å²) in [4.78, 5) is 1.12. The van der Waals surface area contributed by atoms with Crippen LogP contribution in [-0.4, -0.2) is 10.2 Å². The number of aromatic nitrogens is 2. The van der Waals surface area contributed by atoms with Crippen molar-refractivity contribution in [2.24, 2.45) is 0 Å². The molecule has 0 aliphatic heterocycles. The van der Waals surface area contributed by atoms with Crippen molar-refractivity contribution in [3.05, 3.63) is 20.9 Å². The molecule has 0 aromatic carbocycles. The van der Waals surface area contributed by atoms with E-state index in [1.807, 2.05) is 18.4 Å². The first kappa shape index (κ1) is 10.5. The van der Waals surface area contributed by atoms with Gasteiger partial charge in [-0.1, -0.05) is 11.3 Å². The van der Waals surface area contributed by atoms with E-state index < -0.39 is 0 Å². The molecule has 0 fully saturated rings. The van der Waals surface area contributed by atoms with E-state index in [-0.39, 0.29) is 5.38 Å². The second-order valence-electron chi connectivity index (χ2n) is 2.66. The first-order valence-electron chi connectivity index (χ1n) is 3.89. The third-order valence-corrected chi connectivity index (χ3v) is 5.03. The normalized spacial score (nSPS) is 13.1. The Bertz CT molecular complexity index is 438. The van der Waals surface area contributed by atoms with Crippen LogP contribution < -0.4 is 0 Å².